The van der Waals surface area contributed by atoms with E-state index in [0.29, 0.717) is 6.42 Å². The molecular formula is C13H19N2O5S-. The molecule has 0 radical (unpaired) electrons. The van der Waals surface area contributed by atoms with Gasteiger partial charge < -0.3 is 19.7 Å². The van der Waals surface area contributed by atoms with Crippen LogP contribution in [0, 0.1) is 0 Å². The van der Waals surface area contributed by atoms with Crippen molar-refractivity contribution in [1.82, 2.24) is 9.62 Å². The first-order chi connectivity index (χ1) is 9.93. The predicted molar refractivity (Wildman–Crippen MR) is 77.0 cm³/mol. The van der Waals surface area contributed by atoms with Crippen molar-refractivity contribution in [3.63, 3.8) is 0 Å². The predicted octanol–water partition coefficient (Wildman–Crippen LogP) is 0.0405. The highest BCUT2D eigenvalue weighted by Gasteiger charge is 2.23. The van der Waals surface area contributed by atoms with Crippen LogP contribution >= 0.6 is 0 Å². The second kappa shape index (κ2) is 8.73. The Kier molecular flexibility index (Phi) is 7.30. The van der Waals surface area contributed by atoms with E-state index >= 15 is 0 Å². The Hall–Kier alpha value is -1.48. The summed E-state index contributed by atoms with van der Waals surface area (Å²) in [6.45, 7) is -0.127. The summed E-state index contributed by atoms with van der Waals surface area (Å²) in [5, 5.41) is 12.7. The molecule has 8 heteroatoms. The lowest BCUT2D eigenvalue weighted by atomic mass is 10.0. The van der Waals surface area contributed by atoms with E-state index in [2.05, 4.69) is 10.1 Å². The van der Waals surface area contributed by atoms with Crippen LogP contribution in [0.3, 0.4) is 0 Å². The topological polar surface area (TPSA) is 102 Å². The molecule has 0 aliphatic carbocycles. The first kappa shape index (κ1) is 17.6. The molecule has 0 aromatic heterocycles. The Morgan fingerprint density at radius 3 is 2.62 bits per heavy atom. The molecule has 0 bridgehead atoms. The van der Waals surface area contributed by atoms with Gasteiger partial charge >= 0.3 is 6.09 Å². The maximum absolute atomic E-state index is 11.4. The Morgan fingerprint density at radius 1 is 1.48 bits per heavy atom. The fourth-order valence-electron chi connectivity index (χ4n) is 1.81. The largest absolute Gasteiger partial charge is 0.760 e. The minimum absolute atomic E-state index is 0.127. The van der Waals surface area contributed by atoms with E-state index < -0.39 is 29.5 Å². The summed E-state index contributed by atoms with van der Waals surface area (Å²) in [4.78, 5) is 11.4. The number of hydrogen-bond acceptors (Lipinski definition) is 5. The average Bonchev–Trinajstić information content (AvgIpc) is 2.47. The van der Waals surface area contributed by atoms with Gasteiger partial charge in [0, 0.05) is 17.8 Å². The minimum Gasteiger partial charge on any atom is -0.760 e. The van der Waals surface area contributed by atoms with Gasteiger partial charge in [0.05, 0.1) is 19.3 Å². The van der Waals surface area contributed by atoms with Crippen molar-refractivity contribution in [2.24, 2.45) is 0 Å². The number of carbonyl (C=O) groups is 1. The second-order valence-electron chi connectivity index (χ2n) is 4.53. The zero-order valence-corrected chi connectivity index (χ0v) is 12.7. The van der Waals surface area contributed by atoms with E-state index in [4.69, 9.17) is 0 Å². The molecule has 0 aliphatic heterocycles. The SMILES string of the molecule is COC(=O)N[C@@H](Cc1ccccc1)[C@H](O)CN(C)S(=O)[O-]. The monoisotopic (exact) mass is 315 g/mol. The number of rotatable bonds is 7. The number of nitrogens with zero attached hydrogens (tertiary/aromatic N) is 1. The molecule has 0 heterocycles. The smallest absolute Gasteiger partial charge is 0.407 e. The molecule has 1 rings (SSSR count). The van der Waals surface area contributed by atoms with Crippen molar-refractivity contribution in [3.8, 4) is 0 Å². The van der Waals surface area contributed by atoms with E-state index in [-0.39, 0.29) is 6.54 Å². The summed E-state index contributed by atoms with van der Waals surface area (Å²) >= 11 is -2.43. The number of ether oxygens (including phenoxy) is 1. The fourth-order valence-corrected chi connectivity index (χ4v) is 2.09. The molecule has 1 unspecified atom stereocenters. The Morgan fingerprint density at radius 2 is 2.10 bits per heavy atom. The van der Waals surface area contributed by atoms with Crippen molar-refractivity contribution in [2.75, 3.05) is 20.7 Å². The number of aliphatic hydroxyl groups is 1. The van der Waals surface area contributed by atoms with Crippen LogP contribution in [0.15, 0.2) is 30.3 Å². The third kappa shape index (κ3) is 6.21. The second-order valence-corrected chi connectivity index (χ2v) is 5.58. The molecular weight excluding hydrogens is 296 g/mol. The van der Waals surface area contributed by atoms with Crippen LogP contribution in [-0.2, 0) is 22.4 Å². The lowest BCUT2D eigenvalue weighted by molar-refractivity contribution is 0.100. The van der Waals surface area contributed by atoms with Crippen molar-refractivity contribution < 1.29 is 23.4 Å². The molecule has 1 aromatic rings. The lowest BCUT2D eigenvalue weighted by Crippen LogP contribution is -2.49. The normalized spacial score (nSPS) is 15.3. The number of nitrogens with one attached hydrogen (secondary N) is 1. The number of carbonyl (C=O) groups excluding carboxylic acids is 1. The highest BCUT2D eigenvalue weighted by molar-refractivity contribution is 7.76. The molecule has 0 aliphatic rings. The molecule has 0 fully saturated rings. The standard InChI is InChI=1S/C13H20N2O5S/c1-15(21(18)19)9-12(16)11(14-13(17)20-2)8-10-6-4-3-5-7-10/h3-7,11-12,16H,8-9H2,1-2H3,(H,14,17)(H,18,19)/p-1/t11-,12+/m0/s1. The van der Waals surface area contributed by atoms with Crippen LogP contribution in [0.4, 0.5) is 4.79 Å². The van der Waals surface area contributed by atoms with E-state index in [1.54, 1.807) is 0 Å². The van der Waals surface area contributed by atoms with Gasteiger partial charge in [-0.25, -0.2) is 9.10 Å². The molecule has 21 heavy (non-hydrogen) atoms. The summed E-state index contributed by atoms with van der Waals surface area (Å²) < 4.78 is 27.1. The number of aliphatic hydroxyl groups excluding tert-OH is 1. The highest BCUT2D eigenvalue weighted by atomic mass is 32.2. The van der Waals surface area contributed by atoms with Gasteiger partial charge in [-0.15, -0.1) is 0 Å². The maximum atomic E-state index is 11.4. The van der Waals surface area contributed by atoms with Crippen LogP contribution in [0.5, 0.6) is 0 Å². The zero-order valence-electron chi connectivity index (χ0n) is 11.9. The number of amides is 1. The number of benzene rings is 1. The van der Waals surface area contributed by atoms with Crippen molar-refractivity contribution in [3.05, 3.63) is 35.9 Å². The molecule has 1 aromatic carbocycles. The molecule has 0 saturated heterocycles. The van der Waals surface area contributed by atoms with E-state index in [1.807, 2.05) is 30.3 Å². The highest BCUT2D eigenvalue weighted by Crippen LogP contribution is 2.08. The molecule has 118 valence electrons. The van der Waals surface area contributed by atoms with Crippen LogP contribution in [0.1, 0.15) is 5.56 Å². The molecule has 1 amide bonds. The van der Waals surface area contributed by atoms with Gasteiger partial charge in [-0.1, -0.05) is 30.3 Å². The van der Waals surface area contributed by atoms with Crippen LogP contribution in [0.2, 0.25) is 0 Å². The van der Waals surface area contributed by atoms with Crippen LogP contribution in [-0.4, -0.2) is 57.1 Å². The Labute approximate surface area is 126 Å². The van der Waals surface area contributed by atoms with Gasteiger partial charge in [-0.05, 0) is 19.0 Å². The van der Waals surface area contributed by atoms with Crippen molar-refractivity contribution in [1.29, 1.82) is 0 Å². The molecule has 0 spiro atoms. The van der Waals surface area contributed by atoms with Crippen LogP contribution in [0.25, 0.3) is 0 Å². The summed E-state index contributed by atoms with van der Waals surface area (Å²) in [6.07, 6.45) is -1.38. The van der Waals surface area contributed by atoms with Gasteiger partial charge in [0.2, 0.25) is 0 Å². The Balaban J connectivity index is 2.76. The van der Waals surface area contributed by atoms with E-state index in [1.165, 1.54) is 14.2 Å². The zero-order chi connectivity index (χ0) is 15.8. The summed E-state index contributed by atoms with van der Waals surface area (Å²) in [7, 11) is 2.56. The number of alkyl carbamates (subject to hydrolysis) is 1. The molecule has 0 saturated carbocycles. The van der Waals surface area contributed by atoms with Crippen molar-refractivity contribution >= 4 is 17.4 Å². The lowest BCUT2D eigenvalue weighted by Gasteiger charge is -2.28. The van der Waals surface area contributed by atoms with Crippen LogP contribution < -0.4 is 5.32 Å². The average molecular weight is 315 g/mol. The third-order valence-corrected chi connectivity index (χ3v) is 3.61. The molecule has 7 nitrogen and oxygen atoms in total. The summed E-state index contributed by atoms with van der Waals surface area (Å²) in [6, 6.07) is 8.59. The van der Waals surface area contributed by atoms with Gasteiger partial charge in [0.25, 0.3) is 0 Å². The van der Waals surface area contributed by atoms with E-state index in [9.17, 15) is 18.7 Å². The first-order valence-corrected chi connectivity index (χ1v) is 7.34. The number of hydrogen-bond donors (Lipinski definition) is 2. The van der Waals surface area contributed by atoms with Gasteiger partial charge in [0.1, 0.15) is 0 Å². The fraction of sp³-hybridized carbons (Fsp3) is 0.462. The summed E-state index contributed by atoms with van der Waals surface area (Å²) in [5.41, 5.74) is 0.906. The van der Waals surface area contributed by atoms with Gasteiger partial charge in [-0.3, -0.25) is 4.21 Å². The number of likely N-dealkylation sites (N-methyl/N-ethyl adjacent to an activating group) is 1. The van der Waals surface area contributed by atoms with Gasteiger partial charge in [-0.2, -0.15) is 0 Å². The van der Waals surface area contributed by atoms with E-state index in [0.717, 1.165) is 9.87 Å². The maximum Gasteiger partial charge on any atom is 0.407 e. The third-order valence-electron chi connectivity index (χ3n) is 2.95. The molecule has 2 N–H and O–H groups in total. The first-order valence-electron chi connectivity index (χ1n) is 6.31. The molecule has 3 atom stereocenters. The number of methoxy groups -OCH3 is 1. The Bertz CT molecular complexity index is 471. The quantitative estimate of drug-likeness (QED) is 0.692. The summed E-state index contributed by atoms with van der Waals surface area (Å²) in [5.74, 6) is 0. The van der Waals surface area contributed by atoms with Gasteiger partial charge in [0.15, 0.2) is 0 Å². The minimum atomic E-state index is -2.43. The van der Waals surface area contributed by atoms with Crippen molar-refractivity contribution in [2.45, 2.75) is 18.6 Å².